The maximum absolute atomic E-state index is 13.4. The van der Waals surface area contributed by atoms with E-state index in [0.717, 1.165) is 23.5 Å². The lowest BCUT2D eigenvalue weighted by atomic mass is 10.2. The largest absolute Gasteiger partial charge is 0.352 e. The van der Waals surface area contributed by atoms with Gasteiger partial charge < -0.3 is 14.2 Å². The predicted molar refractivity (Wildman–Crippen MR) is 88.2 cm³/mol. The number of aromatic nitrogens is 1. The molecule has 0 spiro atoms. The zero-order chi connectivity index (χ0) is 16.5. The fourth-order valence-corrected chi connectivity index (χ4v) is 3.00. The van der Waals surface area contributed by atoms with Gasteiger partial charge in [-0.2, -0.15) is 0 Å². The lowest BCUT2D eigenvalue weighted by Gasteiger charge is -2.24. The molecule has 1 saturated heterocycles. The molecule has 0 bridgehead atoms. The SMILES string of the molecule is Fc1ccc(N2CCO[C@H]2c2ccn(-c3cccc(F)c3)c2)cc1. The third kappa shape index (κ3) is 2.78. The Balaban J connectivity index is 1.62. The van der Waals surface area contributed by atoms with Crippen LogP contribution < -0.4 is 4.90 Å². The Bertz CT molecular complexity index is 845. The van der Waals surface area contributed by atoms with Crippen molar-refractivity contribution < 1.29 is 13.5 Å². The highest BCUT2D eigenvalue weighted by molar-refractivity contribution is 5.49. The minimum atomic E-state index is -0.271. The zero-order valence-corrected chi connectivity index (χ0v) is 12.9. The molecule has 3 aromatic rings. The molecule has 0 unspecified atom stereocenters. The van der Waals surface area contributed by atoms with E-state index in [9.17, 15) is 8.78 Å². The van der Waals surface area contributed by atoms with Crippen LogP contribution in [0, 0.1) is 11.6 Å². The number of hydrogen-bond acceptors (Lipinski definition) is 2. The third-order valence-electron chi connectivity index (χ3n) is 4.16. The Morgan fingerprint density at radius 3 is 2.54 bits per heavy atom. The van der Waals surface area contributed by atoms with E-state index in [4.69, 9.17) is 4.74 Å². The van der Waals surface area contributed by atoms with Crippen LogP contribution in [0.15, 0.2) is 67.0 Å². The number of benzene rings is 2. The van der Waals surface area contributed by atoms with Crippen molar-refractivity contribution >= 4 is 5.69 Å². The monoisotopic (exact) mass is 326 g/mol. The Labute approximate surface area is 138 Å². The standard InChI is InChI=1S/C19H16F2N2O/c20-15-4-6-17(7-5-15)23-10-11-24-19(23)14-8-9-22(13-14)18-3-1-2-16(21)12-18/h1-9,12-13,19H,10-11H2/t19-/m0/s1. The highest BCUT2D eigenvalue weighted by Crippen LogP contribution is 2.32. The molecule has 1 aliphatic rings. The summed E-state index contributed by atoms with van der Waals surface area (Å²) in [6, 6.07) is 14.8. The van der Waals surface area contributed by atoms with Crippen LogP contribution in [0.3, 0.4) is 0 Å². The summed E-state index contributed by atoms with van der Waals surface area (Å²) in [6.45, 7) is 1.34. The average molecular weight is 326 g/mol. The molecule has 1 atom stereocenters. The molecule has 1 aliphatic heterocycles. The second-order valence-corrected chi connectivity index (χ2v) is 5.72. The van der Waals surface area contributed by atoms with Crippen LogP contribution in [0.1, 0.15) is 11.8 Å². The summed E-state index contributed by atoms with van der Waals surface area (Å²) >= 11 is 0. The third-order valence-corrected chi connectivity index (χ3v) is 4.16. The molecule has 0 aliphatic carbocycles. The Hall–Kier alpha value is -2.66. The van der Waals surface area contributed by atoms with Crippen molar-refractivity contribution in [2.45, 2.75) is 6.23 Å². The van der Waals surface area contributed by atoms with E-state index < -0.39 is 0 Å². The van der Waals surface area contributed by atoms with Gasteiger partial charge >= 0.3 is 0 Å². The van der Waals surface area contributed by atoms with Crippen LogP contribution in [0.4, 0.5) is 14.5 Å². The fourth-order valence-electron chi connectivity index (χ4n) is 3.00. The highest BCUT2D eigenvalue weighted by Gasteiger charge is 2.27. The number of rotatable bonds is 3. The Morgan fingerprint density at radius 1 is 0.917 bits per heavy atom. The van der Waals surface area contributed by atoms with Crippen molar-refractivity contribution in [1.29, 1.82) is 0 Å². The van der Waals surface area contributed by atoms with E-state index in [1.165, 1.54) is 24.3 Å². The van der Waals surface area contributed by atoms with Gasteiger partial charge in [0.05, 0.1) is 6.61 Å². The molecule has 1 aromatic heterocycles. The van der Waals surface area contributed by atoms with Gasteiger partial charge in [-0.25, -0.2) is 8.78 Å². The second-order valence-electron chi connectivity index (χ2n) is 5.72. The van der Waals surface area contributed by atoms with Crippen molar-refractivity contribution in [2.75, 3.05) is 18.1 Å². The quantitative estimate of drug-likeness (QED) is 0.714. The Kier molecular flexibility index (Phi) is 3.78. The van der Waals surface area contributed by atoms with Gasteiger partial charge in [0.15, 0.2) is 6.23 Å². The number of ether oxygens (including phenoxy) is 1. The molecular formula is C19H16F2N2O. The number of hydrogen-bond donors (Lipinski definition) is 0. The molecular weight excluding hydrogens is 310 g/mol. The van der Waals surface area contributed by atoms with Crippen LogP contribution in [0.2, 0.25) is 0 Å². The van der Waals surface area contributed by atoms with Crippen molar-refractivity contribution in [3.8, 4) is 5.69 Å². The van der Waals surface area contributed by atoms with Crippen LogP contribution in [0.25, 0.3) is 5.69 Å². The van der Waals surface area contributed by atoms with Gasteiger partial charge in [-0.05, 0) is 48.5 Å². The van der Waals surface area contributed by atoms with Crippen molar-refractivity contribution in [1.82, 2.24) is 4.57 Å². The maximum Gasteiger partial charge on any atom is 0.158 e. The number of anilines is 1. The lowest BCUT2D eigenvalue weighted by Crippen LogP contribution is -2.22. The minimum Gasteiger partial charge on any atom is -0.352 e. The molecule has 0 N–H and O–H groups in total. The molecule has 2 aromatic carbocycles. The Morgan fingerprint density at radius 2 is 1.75 bits per heavy atom. The van der Waals surface area contributed by atoms with Gasteiger partial charge in [-0.3, -0.25) is 0 Å². The summed E-state index contributed by atoms with van der Waals surface area (Å²) in [5.41, 5.74) is 2.64. The molecule has 4 rings (SSSR count). The van der Waals surface area contributed by atoms with Crippen LogP contribution in [-0.2, 0) is 4.74 Å². The van der Waals surface area contributed by atoms with E-state index in [0.29, 0.717) is 6.61 Å². The zero-order valence-electron chi connectivity index (χ0n) is 12.9. The van der Waals surface area contributed by atoms with Crippen LogP contribution >= 0.6 is 0 Å². The van der Waals surface area contributed by atoms with Gasteiger partial charge in [0.2, 0.25) is 0 Å². The number of nitrogens with zero attached hydrogens (tertiary/aromatic N) is 2. The first-order valence-corrected chi connectivity index (χ1v) is 7.78. The maximum atomic E-state index is 13.4. The van der Waals surface area contributed by atoms with E-state index in [2.05, 4.69) is 4.90 Å². The van der Waals surface area contributed by atoms with E-state index in [1.54, 1.807) is 18.2 Å². The van der Waals surface area contributed by atoms with Crippen molar-refractivity contribution in [3.63, 3.8) is 0 Å². The first kappa shape index (κ1) is 14.9. The summed E-state index contributed by atoms with van der Waals surface area (Å²) in [6.07, 6.45) is 3.58. The van der Waals surface area contributed by atoms with Crippen molar-refractivity contribution in [3.05, 3.63) is 84.2 Å². The van der Waals surface area contributed by atoms with E-state index in [-0.39, 0.29) is 17.9 Å². The normalized spacial score (nSPS) is 17.4. The molecule has 2 heterocycles. The smallest absolute Gasteiger partial charge is 0.158 e. The predicted octanol–water partition coefficient (Wildman–Crippen LogP) is 4.29. The van der Waals surface area contributed by atoms with Gasteiger partial charge in [-0.1, -0.05) is 6.07 Å². The molecule has 5 heteroatoms. The fraction of sp³-hybridized carbons (Fsp3) is 0.158. The number of halogens is 2. The van der Waals surface area contributed by atoms with Gasteiger partial charge in [0.25, 0.3) is 0 Å². The van der Waals surface area contributed by atoms with Crippen LogP contribution in [-0.4, -0.2) is 17.7 Å². The molecule has 122 valence electrons. The first-order chi connectivity index (χ1) is 11.7. The summed E-state index contributed by atoms with van der Waals surface area (Å²) < 4.78 is 34.3. The minimum absolute atomic E-state index is 0.231. The molecule has 0 amide bonds. The lowest BCUT2D eigenvalue weighted by molar-refractivity contribution is 0.114. The van der Waals surface area contributed by atoms with Gasteiger partial charge in [-0.15, -0.1) is 0 Å². The van der Waals surface area contributed by atoms with Crippen molar-refractivity contribution in [2.24, 2.45) is 0 Å². The molecule has 1 fully saturated rings. The summed E-state index contributed by atoms with van der Waals surface area (Å²) in [4.78, 5) is 2.09. The average Bonchev–Trinajstić information content (AvgIpc) is 3.24. The molecule has 24 heavy (non-hydrogen) atoms. The summed E-state index contributed by atoms with van der Waals surface area (Å²) in [7, 11) is 0. The molecule has 0 radical (unpaired) electrons. The molecule has 3 nitrogen and oxygen atoms in total. The first-order valence-electron chi connectivity index (χ1n) is 7.78. The van der Waals surface area contributed by atoms with Crippen LogP contribution in [0.5, 0.6) is 0 Å². The summed E-state index contributed by atoms with van der Waals surface area (Å²) in [5.74, 6) is -0.527. The molecule has 0 saturated carbocycles. The topological polar surface area (TPSA) is 17.4 Å². The van der Waals surface area contributed by atoms with Gasteiger partial charge in [0, 0.05) is 35.9 Å². The van der Waals surface area contributed by atoms with Gasteiger partial charge in [0.1, 0.15) is 11.6 Å². The van der Waals surface area contributed by atoms with E-state index in [1.807, 2.05) is 29.1 Å². The highest BCUT2D eigenvalue weighted by atomic mass is 19.1. The second kappa shape index (κ2) is 6.09. The summed E-state index contributed by atoms with van der Waals surface area (Å²) in [5, 5.41) is 0. The van der Waals surface area contributed by atoms with E-state index >= 15 is 0 Å².